The Kier molecular flexibility index (Phi) is 4.08. The number of carbonyl (C=O) groups is 1. The monoisotopic (exact) mass is 327 g/mol. The van der Waals surface area contributed by atoms with Crippen LogP contribution in [0.4, 0.5) is 0 Å². The van der Waals surface area contributed by atoms with E-state index in [1.54, 1.807) is 11.3 Å². The first-order chi connectivity index (χ1) is 11.3. The molecule has 23 heavy (non-hydrogen) atoms. The topological polar surface area (TPSA) is 29.5 Å². The lowest BCUT2D eigenvalue weighted by Crippen LogP contribution is -2.35. The second-order valence-electron chi connectivity index (χ2n) is 6.39. The molecular formula is C19H21NO2S. The molecular weight excluding hydrogens is 306 g/mol. The molecule has 1 amide bonds. The quantitative estimate of drug-likeness (QED) is 0.842. The Morgan fingerprint density at radius 2 is 1.91 bits per heavy atom. The average Bonchev–Trinajstić information content (AvgIpc) is 3.25. The molecule has 1 aliphatic carbocycles. The van der Waals surface area contributed by atoms with Crippen molar-refractivity contribution in [2.24, 2.45) is 0 Å². The van der Waals surface area contributed by atoms with Crippen molar-refractivity contribution in [3.63, 3.8) is 0 Å². The lowest BCUT2D eigenvalue weighted by molar-refractivity contribution is 0.0736. The van der Waals surface area contributed by atoms with Gasteiger partial charge in [0.25, 0.3) is 5.91 Å². The number of carbonyl (C=O) groups excluding carboxylic acids is 1. The zero-order valence-electron chi connectivity index (χ0n) is 13.2. The third kappa shape index (κ3) is 3.13. The Morgan fingerprint density at radius 1 is 1.13 bits per heavy atom. The van der Waals surface area contributed by atoms with Gasteiger partial charge >= 0.3 is 0 Å². The SMILES string of the molecule is O=C(c1ccc(OC2CCCC2)cc1)N1CCc2sccc2C1. The van der Waals surface area contributed by atoms with Gasteiger partial charge in [-0.05, 0) is 73.4 Å². The molecule has 2 heterocycles. The number of thiophene rings is 1. The highest BCUT2D eigenvalue weighted by atomic mass is 32.1. The van der Waals surface area contributed by atoms with E-state index in [0.717, 1.165) is 43.7 Å². The van der Waals surface area contributed by atoms with E-state index in [9.17, 15) is 4.79 Å². The normalized spacial score (nSPS) is 18.0. The van der Waals surface area contributed by atoms with Crippen LogP contribution in [0.15, 0.2) is 35.7 Å². The second-order valence-corrected chi connectivity index (χ2v) is 7.40. The summed E-state index contributed by atoms with van der Waals surface area (Å²) >= 11 is 1.80. The van der Waals surface area contributed by atoms with Gasteiger partial charge < -0.3 is 9.64 Å². The minimum absolute atomic E-state index is 0.120. The van der Waals surface area contributed by atoms with Crippen LogP contribution < -0.4 is 4.74 Å². The molecule has 4 heteroatoms. The molecule has 3 nitrogen and oxygen atoms in total. The minimum atomic E-state index is 0.120. The minimum Gasteiger partial charge on any atom is -0.490 e. The van der Waals surface area contributed by atoms with E-state index in [-0.39, 0.29) is 5.91 Å². The first-order valence-corrected chi connectivity index (χ1v) is 9.29. The molecule has 0 radical (unpaired) electrons. The molecule has 1 fully saturated rings. The van der Waals surface area contributed by atoms with Crippen molar-refractivity contribution in [1.29, 1.82) is 0 Å². The number of nitrogens with zero attached hydrogens (tertiary/aromatic N) is 1. The summed E-state index contributed by atoms with van der Waals surface area (Å²) in [5.41, 5.74) is 2.05. The largest absolute Gasteiger partial charge is 0.490 e. The fourth-order valence-corrected chi connectivity index (χ4v) is 4.37. The highest BCUT2D eigenvalue weighted by Crippen LogP contribution is 2.27. The van der Waals surface area contributed by atoms with Crippen LogP contribution in [0.5, 0.6) is 5.75 Å². The van der Waals surface area contributed by atoms with Gasteiger partial charge in [-0.3, -0.25) is 4.79 Å². The van der Waals surface area contributed by atoms with E-state index in [1.165, 1.54) is 23.3 Å². The Labute approximate surface area is 140 Å². The average molecular weight is 327 g/mol. The summed E-state index contributed by atoms with van der Waals surface area (Å²) in [6.45, 7) is 1.55. The smallest absolute Gasteiger partial charge is 0.254 e. The lowest BCUT2D eigenvalue weighted by atomic mass is 10.1. The summed E-state index contributed by atoms with van der Waals surface area (Å²) in [7, 11) is 0. The molecule has 1 aromatic carbocycles. The van der Waals surface area contributed by atoms with Crippen LogP contribution in [0.1, 0.15) is 46.5 Å². The van der Waals surface area contributed by atoms with Crippen LogP contribution >= 0.6 is 11.3 Å². The second kappa shape index (κ2) is 6.36. The number of rotatable bonds is 3. The zero-order chi connectivity index (χ0) is 15.6. The Bertz CT molecular complexity index is 686. The van der Waals surface area contributed by atoms with Gasteiger partial charge in [0.1, 0.15) is 5.75 Å². The highest BCUT2D eigenvalue weighted by Gasteiger charge is 2.22. The van der Waals surface area contributed by atoms with E-state index >= 15 is 0 Å². The van der Waals surface area contributed by atoms with Crippen LogP contribution in [0.2, 0.25) is 0 Å². The van der Waals surface area contributed by atoms with Crippen LogP contribution in [0.25, 0.3) is 0 Å². The predicted molar refractivity (Wildman–Crippen MR) is 92.1 cm³/mol. The summed E-state index contributed by atoms with van der Waals surface area (Å²) in [6.07, 6.45) is 6.16. The van der Waals surface area contributed by atoms with Crippen molar-refractivity contribution < 1.29 is 9.53 Å². The standard InChI is InChI=1S/C19H21NO2S/c21-19(20-11-9-18-15(13-20)10-12-23-18)14-5-7-17(8-6-14)22-16-3-1-2-4-16/h5-8,10,12,16H,1-4,9,11,13H2. The molecule has 0 unspecified atom stereocenters. The fourth-order valence-electron chi connectivity index (χ4n) is 3.48. The van der Waals surface area contributed by atoms with Gasteiger partial charge in [0.2, 0.25) is 0 Å². The number of benzene rings is 1. The number of ether oxygens (including phenoxy) is 1. The number of hydrogen-bond donors (Lipinski definition) is 0. The van der Waals surface area contributed by atoms with Gasteiger partial charge in [0, 0.05) is 23.5 Å². The Morgan fingerprint density at radius 3 is 2.70 bits per heavy atom. The van der Waals surface area contributed by atoms with E-state index in [2.05, 4.69) is 11.4 Å². The highest BCUT2D eigenvalue weighted by molar-refractivity contribution is 7.10. The Balaban J connectivity index is 1.42. The molecule has 0 spiro atoms. The van der Waals surface area contributed by atoms with Gasteiger partial charge in [-0.25, -0.2) is 0 Å². The molecule has 0 bridgehead atoms. The third-order valence-electron chi connectivity index (χ3n) is 4.80. The predicted octanol–water partition coefficient (Wildman–Crippen LogP) is 4.27. The number of amides is 1. The van der Waals surface area contributed by atoms with E-state index in [4.69, 9.17) is 4.74 Å². The summed E-state index contributed by atoms with van der Waals surface area (Å²) in [4.78, 5) is 16.0. The Hall–Kier alpha value is -1.81. The van der Waals surface area contributed by atoms with Crippen molar-refractivity contribution in [3.8, 4) is 5.75 Å². The summed E-state index contributed by atoms with van der Waals surface area (Å²) < 4.78 is 5.97. The molecule has 1 saturated carbocycles. The van der Waals surface area contributed by atoms with E-state index in [0.29, 0.717) is 6.10 Å². The van der Waals surface area contributed by atoms with Crippen molar-refractivity contribution in [2.75, 3.05) is 6.54 Å². The fraction of sp³-hybridized carbons (Fsp3) is 0.421. The molecule has 4 rings (SSSR count). The number of fused-ring (bicyclic) bond motifs is 1. The maximum absolute atomic E-state index is 12.7. The zero-order valence-corrected chi connectivity index (χ0v) is 14.0. The van der Waals surface area contributed by atoms with Crippen molar-refractivity contribution in [1.82, 2.24) is 4.90 Å². The molecule has 120 valence electrons. The summed E-state index contributed by atoms with van der Waals surface area (Å²) in [6, 6.07) is 9.81. The molecule has 0 saturated heterocycles. The van der Waals surface area contributed by atoms with Gasteiger partial charge in [-0.1, -0.05) is 0 Å². The molecule has 2 aliphatic rings. The third-order valence-corrected chi connectivity index (χ3v) is 5.82. The van der Waals surface area contributed by atoms with Crippen molar-refractivity contribution in [2.45, 2.75) is 44.8 Å². The molecule has 1 aliphatic heterocycles. The molecule has 0 N–H and O–H groups in total. The van der Waals surface area contributed by atoms with Gasteiger partial charge in [0.15, 0.2) is 0 Å². The maximum Gasteiger partial charge on any atom is 0.254 e. The van der Waals surface area contributed by atoms with Gasteiger partial charge in [0.05, 0.1) is 6.10 Å². The van der Waals surface area contributed by atoms with Crippen LogP contribution in [0, 0.1) is 0 Å². The summed E-state index contributed by atoms with van der Waals surface area (Å²) in [5, 5.41) is 2.12. The van der Waals surface area contributed by atoms with Crippen LogP contribution in [-0.4, -0.2) is 23.5 Å². The van der Waals surface area contributed by atoms with Crippen molar-refractivity contribution in [3.05, 3.63) is 51.7 Å². The molecule has 0 atom stereocenters. The first-order valence-electron chi connectivity index (χ1n) is 8.41. The van der Waals surface area contributed by atoms with Crippen LogP contribution in [-0.2, 0) is 13.0 Å². The maximum atomic E-state index is 12.7. The van der Waals surface area contributed by atoms with Crippen molar-refractivity contribution >= 4 is 17.2 Å². The summed E-state index contributed by atoms with van der Waals surface area (Å²) in [5.74, 6) is 1.00. The van der Waals surface area contributed by atoms with Crippen LogP contribution in [0.3, 0.4) is 0 Å². The van der Waals surface area contributed by atoms with E-state index < -0.39 is 0 Å². The molecule has 1 aromatic heterocycles. The lowest BCUT2D eigenvalue weighted by Gasteiger charge is -2.27. The molecule has 2 aromatic rings. The van der Waals surface area contributed by atoms with Gasteiger partial charge in [-0.15, -0.1) is 11.3 Å². The van der Waals surface area contributed by atoms with E-state index in [1.807, 2.05) is 29.2 Å². The number of hydrogen-bond acceptors (Lipinski definition) is 3. The first kappa shape index (κ1) is 14.8. The van der Waals surface area contributed by atoms with Gasteiger partial charge in [-0.2, -0.15) is 0 Å².